The molecular formula is C28H34N4O3S. The van der Waals surface area contributed by atoms with E-state index in [4.69, 9.17) is 4.74 Å². The van der Waals surface area contributed by atoms with Gasteiger partial charge in [-0.05, 0) is 34.8 Å². The Morgan fingerprint density at radius 1 is 1.06 bits per heavy atom. The van der Waals surface area contributed by atoms with Crippen molar-refractivity contribution in [1.82, 2.24) is 15.2 Å². The van der Waals surface area contributed by atoms with Crippen molar-refractivity contribution in [3.05, 3.63) is 53.1 Å². The molecule has 3 aromatic rings. The number of carbonyl (C=O) groups is 1. The molecule has 1 aliphatic rings. The first-order valence-corrected chi connectivity index (χ1v) is 13.1. The first-order chi connectivity index (χ1) is 16.8. The molecule has 0 spiro atoms. The number of para-hydroxylation sites is 1. The number of amides is 1. The number of ether oxygens (including phenoxy) is 1. The minimum Gasteiger partial charge on any atom is -0.507 e. The molecule has 0 aliphatic carbocycles. The van der Waals surface area contributed by atoms with E-state index in [9.17, 15) is 9.90 Å². The highest BCUT2D eigenvalue weighted by Gasteiger charge is 2.37. The molecule has 0 saturated heterocycles. The molecule has 4 rings (SSSR count). The summed E-state index contributed by atoms with van der Waals surface area (Å²) in [6.07, 6.45) is -0.816. The van der Waals surface area contributed by atoms with Crippen LogP contribution in [0.5, 0.6) is 11.6 Å². The first-order valence-electron chi connectivity index (χ1n) is 12.1. The standard InChI is InChI=1S/C28H34N4O3S/c1-9-36-26-29-24-22(30-31-26)18-12-10-11-13-21(18)32(16(2)33)25(35-24)17-14-19(27(3,4)5)23(34)20(15-17)28(6,7)8/h10-15,25,34H,9H2,1-8H3/t25-/m0/s1. The van der Waals surface area contributed by atoms with Gasteiger partial charge in [0.2, 0.25) is 23.2 Å². The summed E-state index contributed by atoms with van der Waals surface area (Å²) in [5.74, 6) is 1.21. The molecule has 8 heteroatoms. The molecule has 7 nitrogen and oxygen atoms in total. The number of aromatic hydroxyl groups is 1. The molecule has 2 heterocycles. The van der Waals surface area contributed by atoms with Crippen LogP contribution in [-0.2, 0) is 15.6 Å². The summed E-state index contributed by atoms with van der Waals surface area (Å²) in [6.45, 7) is 15.9. The first kappa shape index (κ1) is 25.9. The fourth-order valence-corrected chi connectivity index (χ4v) is 4.91. The third-order valence-electron chi connectivity index (χ3n) is 6.16. The molecule has 1 atom stereocenters. The van der Waals surface area contributed by atoms with Crippen LogP contribution in [0.25, 0.3) is 11.3 Å². The highest BCUT2D eigenvalue weighted by Crippen LogP contribution is 2.46. The molecule has 0 fully saturated rings. The lowest BCUT2D eigenvalue weighted by atomic mass is 9.78. The number of nitrogens with zero attached hydrogens (tertiary/aromatic N) is 4. The van der Waals surface area contributed by atoms with Crippen LogP contribution in [0, 0.1) is 0 Å². The number of rotatable bonds is 3. The average Bonchev–Trinajstić information content (AvgIpc) is 2.92. The summed E-state index contributed by atoms with van der Waals surface area (Å²) in [5.41, 5.74) is 3.55. The Kier molecular flexibility index (Phi) is 6.77. The second kappa shape index (κ2) is 9.39. The van der Waals surface area contributed by atoms with Gasteiger partial charge in [-0.3, -0.25) is 9.69 Å². The predicted octanol–water partition coefficient (Wildman–Crippen LogP) is 6.40. The van der Waals surface area contributed by atoms with Gasteiger partial charge in [0.05, 0.1) is 5.69 Å². The number of benzene rings is 2. The van der Waals surface area contributed by atoms with Gasteiger partial charge in [-0.2, -0.15) is 4.98 Å². The zero-order chi connectivity index (χ0) is 26.4. The van der Waals surface area contributed by atoms with Crippen LogP contribution in [0.2, 0.25) is 0 Å². The van der Waals surface area contributed by atoms with E-state index in [1.54, 1.807) is 4.90 Å². The SMILES string of the molecule is CCSc1nnc2c(n1)O[C@@H](c1cc(C(C)(C)C)c(O)c(C(C)(C)C)c1)N(C(C)=O)c1ccccc1-2. The van der Waals surface area contributed by atoms with E-state index < -0.39 is 6.23 Å². The molecule has 190 valence electrons. The van der Waals surface area contributed by atoms with E-state index in [0.717, 1.165) is 28.0 Å². The topological polar surface area (TPSA) is 88.4 Å². The number of aromatic nitrogens is 3. The Labute approximate surface area is 217 Å². The summed E-state index contributed by atoms with van der Waals surface area (Å²) in [4.78, 5) is 19.5. The fourth-order valence-electron chi connectivity index (χ4n) is 4.40. The van der Waals surface area contributed by atoms with Crippen molar-refractivity contribution in [3.8, 4) is 22.9 Å². The molecule has 0 bridgehead atoms. The van der Waals surface area contributed by atoms with Crippen LogP contribution < -0.4 is 9.64 Å². The van der Waals surface area contributed by atoms with E-state index in [1.807, 2.05) is 43.3 Å². The maximum Gasteiger partial charge on any atom is 0.247 e. The highest BCUT2D eigenvalue weighted by atomic mass is 32.2. The third-order valence-corrected chi connectivity index (χ3v) is 6.88. The van der Waals surface area contributed by atoms with Gasteiger partial charge in [0, 0.05) is 29.2 Å². The largest absolute Gasteiger partial charge is 0.507 e. The van der Waals surface area contributed by atoms with Crippen molar-refractivity contribution in [2.45, 2.75) is 77.6 Å². The zero-order valence-electron chi connectivity index (χ0n) is 22.2. The molecule has 0 radical (unpaired) electrons. The third kappa shape index (κ3) is 4.78. The number of carbonyl (C=O) groups excluding carboxylic acids is 1. The normalized spacial score (nSPS) is 15.6. The zero-order valence-corrected chi connectivity index (χ0v) is 23.0. The summed E-state index contributed by atoms with van der Waals surface area (Å²) in [7, 11) is 0. The van der Waals surface area contributed by atoms with E-state index in [-0.39, 0.29) is 22.5 Å². The van der Waals surface area contributed by atoms with Gasteiger partial charge < -0.3 is 9.84 Å². The van der Waals surface area contributed by atoms with Crippen LogP contribution in [0.4, 0.5) is 5.69 Å². The van der Waals surface area contributed by atoms with Gasteiger partial charge in [-0.15, -0.1) is 10.2 Å². The van der Waals surface area contributed by atoms with Crippen LogP contribution in [-0.4, -0.2) is 31.9 Å². The quantitative estimate of drug-likeness (QED) is 0.411. The fraction of sp³-hybridized carbons (Fsp3) is 0.429. The van der Waals surface area contributed by atoms with Crippen LogP contribution >= 0.6 is 11.8 Å². The smallest absolute Gasteiger partial charge is 0.247 e. The summed E-state index contributed by atoms with van der Waals surface area (Å²) >= 11 is 1.48. The lowest BCUT2D eigenvalue weighted by Gasteiger charge is -2.33. The number of hydrogen-bond donors (Lipinski definition) is 1. The molecule has 1 aromatic heterocycles. The van der Waals surface area contributed by atoms with Gasteiger partial charge in [0.15, 0.2) is 5.69 Å². The molecule has 0 saturated carbocycles. The minimum absolute atomic E-state index is 0.181. The molecule has 1 aliphatic heterocycles. The number of phenols is 1. The lowest BCUT2D eigenvalue weighted by Crippen LogP contribution is -2.36. The number of anilines is 1. The van der Waals surface area contributed by atoms with Gasteiger partial charge >= 0.3 is 0 Å². The number of fused-ring (bicyclic) bond motifs is 3. The second-order valence-corrected chi connectivity index (χ2v) is 12.3. The Hall–Kier alpha value is -3.13. The van der Waals surface area contributed by atoms with Crippen molar-refractivity contribution in [1.29, 1.82) is 0 Å². The number of thioether (sulfide) groups is 1. The van der Waals surface area contributed by atoms with Gasteiger partial charge in [0.1, 0.15) is 5.75 Å². The molecule has 1 amide bonds. The van der Waals surface area contributed by atoms with Gasteiger partial charge in [-0.25, -0.2) is 0 Å². The maximum absolute atomic E-state index is 13.2. The molecule has 1 N–H and O–H groups in total. The summed E-state index contributed by atoms with van der Waals surface area (Å²) in [6, 6.07) is 11.4. The van der Waals surface area contributed by atoms with E-state index in [2.05, 4.69) is 56.7 Å². The average molecular weight is 507 g/mol. The van der Waals surface area contributed by atoms with Crippen molar-refractivity contribution >= 4 is 23.4 Å². The molecule has 36 heavy (non-hydrogen) atoms. The van der Waals surface area contributed by atoms with Crippen molar-refractivity contribution in [3.63, 3.8) is 0 Å². The lowest BCUT2D eigenvalue weighted by molar-refractivity contribution is -0.118. The van der Waals surface area contributed by atoms with Crippen molar-refractivity contribution in [2.24, 2.45) is 0 Å². The maximum atomic E-state index is 13.2. The van der Waals surface area contributed by atoms with E-state index in [1.165, 1.54) is 18.7 Å². The van der Waals surface area contributed by atoms with Crippen molar-refractivity contribution in [2.75, 3.05) is 10.7 Å². The molecule has 2 aromatic carbocycles. The number of phenolic OH excluding ortho intramolecular Hbond substituents is 1. The Morgan fingerprint density at radius 2 is 1.67 bits per heavy atom. The highest BCUT2D eigenvalue weighted by molar-refractivity contribution is 7.99. The van der Waals surface area contributed by atoms with Crippen LogP contribution in [0.3, 0.4) is 0 Å². The summed E-state index contributed by atoms with van der Waals surface area (Å²) in [5, 5.41) is 20.5. The minimum atomic E-state index is -0.816. The van der Waals surface area contributed by atoms with E-state index >= 15 is 0 Å². The van der Waals surface area contributed by atoms with Crippen LogP contribution in [0.15, 0.2) is 41.6 Å². The van der Waals surface area contributed by atoms with Crippen LogP contribution in [0.1, 0.15) is 78.3 Å². The Morgan fingerprint density at radius 3 is 2.22 bits per heavy atom. The van der Waals surface area contributed by atoms with Gasteiger partial charge in [0.25, 0.3) is 0 Å². The molecular weight excluding hydrogens is 472 g/mol. The summed E-state index contributed by atoms with van der Waals surface area (Å²) < 4.78 is 6.56. The van der Waals surface area contributed by atoms with Gasteiger partial charge in [-0.1, -0.05) is 78.4 Å². The second-order valence-electron chi connectivity index (χ2n) is 11.0. The number of hydrogen-bond acceptors (Lipinski definition) is 7. The Bertz CT molecular complexity index is 1280. The Balaban J connectivity index is 2.03. The van der Waals surface area contributed by atoms with Crippen molar-refractivity contribution < 1.29 is 14.6 Å². The monoisotopic (exact) mass is 506 g/mol. The molecule has 0 unspecified atom stereocenters. The predicted molar refractivity (Wildman–Crippen MR) is 144 cm³/mol. The van der Waals surface area contributed by atoms with E-state index in [0.29, 0.717) is 22.4 Å².